The number of hydrogen-bond acceptors (Lipinski definition) is 5. The van der Waals surface area contributed by atoms with Gasteiger partial charge >= 0.3 is 6.01 Å². The molecule has 0 aliphatic heterocycles. The van der Waals surface area contributed by atoms with Gasteiger partial charge in [-0.15, -0.1) is 16.7 Å². The van der Waals surface area contributed by atoms with E-state index in [0.29, 0.717) is 24.9 Å². The molecule has 0 saturated heterocycles. The fraction of sp³-hybridized carbons (Fsp3) is 0.727. The lowest BCUT2D eigenvalue weighted by Gasteiger charge is -2.18. The molecule has 1 heterocycles. The minimum absolute atomic E-state index is 0.109. The third-order valence-electron chi connectivity index (χ3n) is 2.51. The highest BCUT2D eigenvalue weighted by molar-refractivity contribution is 6.20. The Morgan fingerprint density at radius 1 is 1.44 bits per heavy atom. The van der Waals surface area contributed by atoms with Crippen molar-refractivity contribution in [3.63, 3.8) is 0 Å². The molecule has 0 fully saturated rings. The Labute approximate surface area is 112 Å². The van der Waals surface area contributed by atoms with E-state index in [9.17, 15) is 4.79 Å². The fourth-order valence-corrected chi connectivity index (χ4v) is 1.57. The quantitative estimate of drug-likeness (QED) is 0.771. The van der Waals surface area contributed by atoms with Gasteiger partial charge in [0.25, 0.3) is 0 Å². The van der Waals surface area contributed by atoms with Gasteiger partial charge in [0.15, 0.2) is 0 Å². The van der Waals surface area contributed by atoms with Crippen LogP contribution < -0.4 is 5.32 Å². The first kappa shape index (κ1) is 14.8. The molecule has 0 aliphatic rings. The maximum absolute atomic E-state index is 11.7. The van der Waals surface area contributed by atoms with Crippen LogP contribution in [0.25, 0.3) is 0 Å². The number of anilines is 1. The lowest BCUT2D eigenvalue weighted by Crippen LogP contribution is -2.31. The standard InChI is InChI=1S/C11H19ClN4O2/c1-4-16(5-2)9(17)6-7-13-11-15-14-10(18-11)8(3)12/h8H,4-7H2,1-3H3,(H,13,15). The van der Waals surface area contributed by atoms with E-state index >= 15 is 0 Å². The molecule has 0 aromatic carbocycles. The van der Waals surface area contributed by atoms with Gasteiger partial charge in [-0.2, -0.15) is 0 Å². The lowest BCUT2D eigenvalue weighted by atomic mass is 10.3. The molecule has 1 aromatic rings. The third-order valence-corrected chi connectivity index (χ3v) is 2.70. The van der Waals surface area contributed by atoms with E-state index in [2.05, 4.69) is 15.5 Å². The largest absolute Gasteiger partial charge is 0.407 e. The molecule has 18 heavy (non-hydrogen) atoms. The van der Waals surface area contributed by atoms with E-state index < -0.39 is 0 Å². The van der Waals surface area contributed by atoms with Crippen LogP contribution in [0.1, 0.15) is 38.5 Å². The van der Waals surface area contributed by atoms with Gasteiger partial charge in [-0.05, 0) is 20.8 Å². The average molecular weight is 275 g/mol. The number of halogens is 1. The predicted octanol–water partition coefficient (Wildman–Crippen LogP) is 2.04. The van der Waals surface area contributed by atoms with Crippen molar-refractivity contribution in [2.75, 3.05) is 25.0 Å². The topological polar surface area (TPSA) is 71.3 Å². The van der Waals surface area contributed by atoms with Crippen molar-refractivity contribution in [2.24, 2.45) is 0 Å². The number of carbonyl (C=O) groups is 1. The number of carbonyl (C=O) groups excluding carboxylic acids is 1. The first-order chi connectivity index (χ1) is 8.58. The van der Waals surface area contributed by atoms with Gasteiger partial charge in [-0.3, -0.25) is 4.79 Å². The van der Waals surface area contributed by atoms with Gasteiger partial charge in [0.1, 0.15) is 5.38 Å². The van der Waals surface area contributed by atoms with E-state index in [0.717, 1.165) is 13.1 Å². The molecule has 1 aromatic heterocycles. The first-order valence-electron chi connectivity index (χ1n) is 6.07. The number of amides is 1. The molecule has 7 heteroatoms. The van der Waals surface area contributed by atoms with Crippen LogP contribution >= 0.6 is 11.6 Å². The van der Waals surface area contributed by atoms with Crippen LogP contribution in [0.15, 0.2) is 4.42 Å². The highest BCUT2D eigenvalue weighted by atomic mass is 35.5. The average Bonchev–Trinajstić information content (AvgIpc) is 2.79. The Balaban J connectivity index is 2.34. The maximum atomic E-state index is 11.7. The minimum Gasteiger partial charge on any atom is -0.407 e. The Morgan fingerprint density at radius 2 is 2.11 bits per heavy atom. The van der Waals surface area contributed by atoms with Crippen molar-refractivity contribution in [3.05, 3.63) is 5.89 Å². The molecular formula is C11H19ClN4O2. The molecule has 0 bridgehead atoms. The number of hydrogen-bond donors (Lipinski definition) is 1. The number of alkyl halides is 1. The van der Waals surface area contributed by atoms with Gasteiger partial charge in [-0.1, -0.05) is 5.10 Å². The van der Waals surface area contributed by atoms with Gasteiger partial charge in [-0.25, -0.2) is 0 Å². The van der Waals surface area contributed by atoms with E-state index in [1.54, 1.807) is 11.8 Å². The fourth-order valence-electron chi connectivity index (χ4n) is 1.48. The molecule has 1 amide bonds. The van der Waals surface area contributed by atoms with Crippen molar-refractivity contribution in [1.29, 1.82) is 0 Å². The Morgan fingerprint density at radius 3 is 2.61 bits per heavy atom. The zero-order valence-electron chi connectivity index (χ0n) is 10.9. The molecule has 6 nitrogen and oxygen atoms in total. The van der Waals surface area contributed by atoms with Gasteiger partial charge in [0, 0.05) is 26.1 Å². The van der Waals surface area contributed by atoms with Crippen molar-refractivity contribution >= 4 is 23.5 Å². The lowest BCUT2D eigenvalue weighted by molar-refractivity contribution is -0.130. The van der Waals surface area contributed by atoms with E-state index in [4.69, 9.17) is 16.0 Å². The van der Waals surface area contributed by atoms with Crippen LogP contribution in [0.2, 0.25) is 0 Å². The van der Waals surface area contributed by atoms with Crippen LogP contribution in [0, 0.1) is 0 Å². The van der Waals surface area contributed by atoms with Crippen LogP contribution in [-0.2, 0) is 4.79 Å². The zero-order valence-corrected chi connectivity index (χ0v) is 11.7. The summed E-state index contributed by atoms with van der Waals surface area (Å²) in [5, 5.41) is 10.1. The van der Waals surface area contributed by atoms with Crippen molar-refractivity contribution in [1.82, 2.24) is 15.1 Å². The summed E-state index contributed by atoms with van der Waals surface area (Å²) in [4.78, 5) is 13.5. The number of nitrogens with one attached hydrogen (secondary N) is 1. The molecule has 0 spiro atoms. The third kappa shape index (κ3) is 4.18. The smallest absolute Gasteiger partial charge is 0.315 e. The summed E-state index contributed by atoms with van der Waals surface area (Å²) in [6, 6.07) is 0.296. The predicted molar refractivity (Wildman–Crippen MR) is 69.6 cm³/mol. The van der Waals surface area contributed by atoms with E-state index in [-0.39, 0.29) is 11.3 Å². The molecule has 0 saturated carbocycles. The Hall–Kier alpha value is -1.30. The highest BCUT2D eigenvalue weighted by Gasteiger charge is 2.12. The molecule has 1 unspecified atom stereocenters. The number of rotatable bonds is 7. The molecular weight excluding hydrogens is 256 g/mol. The summed E-state index contributed by atoms with van der Waals surface area (Å²) in [7, 11) is 0. The van der Waals surface area contributed by atoms with Crippen molar-refractivity contribution in [3.8, 4) is 0 Å². The normalized spacial score (nSPS) is 12.2. The van der Waals surface area contributed by atoms with Crippen LogP contribution in [-0.4, -0.2) is 40.6 Å². The van der Waals surface area contributed by atoms with Crippen LogP contribution in [0.4, 0.5) is 6.01 Å². The summed E-state index contributed by atoms with van der Waals surface area (Å²) in [6.45, 7) is 7.59. The summed E-state index contributed by atoms with van der Waals surface area (Å²) in [5.41, 5.74) is 0. The number of nitrogens with zero attached hydrogens (tertiary/aromatic N) is 3. The van der Waals surface area contributed by atoms with Crippen molar-refractivity contribution in [2.45, 2.75) is 32.6 Å². The summed E-state index contributed by atoms with van der Waals surface area (Å²) >= 11 is 5.80. The van der Waals surface area contributed by atoms with Gasteiger partial charge in [0.2, 0.25) is 11.8 Å². The van der Waals surface area contributed by atoms with Crippen LogP contribution in [0.5, 0.6) is 0 Å². The molecule has 0 radical (unpaired) electrons. The monoisotopic (exact) mass is 274 g/mol. The van der Waals surface area contributed by atoms with Crippen molar-refractivity contribution < 1.29 is 9.21 Å². The molecule has 1 N–H and O–H groups in total. The molecule has 0 aliphatic carbocycles. The Bertz CT molecular complexity index is 377. The van der Waals surface area contributed by atoms with E-state index in [1.165, 1.54) is 0 Å². The molecule has 102 valence electrons. The SMILES string of the molecule is CCN(CC)C(=O)CCNc1nnc(C(C)Cl)o1. The number of aromatic nitrogens is 2. The molecule has 1 rings (SSSR count). The Kier molecular flexibility index (Phi) is 5.91. The zero-order chi connectivity index (χ0) is 13.5. The second-order valence-electron chi connectivity index (χ2n) is 3.80. The first-order valence-corrected chi connectivity index (χ1v) is 6.51. The van der Waals surface area contributed by atoms with Crippen LogP contribution in [0.3, 0.4) is 0 Å². The van der Waals surface area contributed by atoms with E-state index in [1.807, 2.05) is 13.8 Å². The summed E-state index contributed by atoms with van der Waals surface area (Å²) < 4.78 is 5.25. The summed E-state index contributed by atoms with van der Waals surface area (Å²) in [5.74, 6) is 0.479. The second-order valence-corrected chi connectivity index (χ2v) is 4.46. The second kappa shape index (κ2) is 7.20. The van der Waals surface area contributed by atoms with Gasteiger partial charge in [0.05, 0.1) is 0 Å². The highest BCUT2D eigenvalue weighted by Crippen LogP contribution is 2.18. The maximum Gasteiger partial charge on any atom is 0.315 e. The molecule has 1 atom stereocenters. The minimum atomic E-state index is -0.314. The summed E-state index contributed by atoms with van der Waals surface area (Å²) in [6.07, 6.45) is 0.399. The van der Waals surface area contributed by atoms with Gasteiger partial charge < -0.3 is 14.6 Å².